The fourth-order valence-electron chi connectivity index (χ4n) is 0.957. The van der Waals surface area contributed by atoms with Gasteiger partial charge in [-0.3, -0.25) is 4.79 Å². The highest BCUT2D eigenvalue weighted by molar-refractivity contribution is 5.92. The first-order chi connectivity index (χ1) is 8.51. The van der Waals surface area contributed by atoms with Crippen LogP contribution in [0.1, 0.15) is 6.92 Å². The summed E-state index contributed by atoms with van der Waals surface area (Å²) in [7, 11) is 1.83. The number of carbonyl (C=O) groups excluding carboxylic acids is 1. The SMILES string of the molecule is C=C(C)C(=O)NCCN(C)C=CC=C(C#N)C#N. The summed E-state index contributed by atoms with van der Waals surface area (Å²) >= 11 is 0. The molecule has 1 amide bonds. The highest BCUT2D eigenvalue weighted by Gasteiger charge is 1.99. The molecule has 5 heteroatoms. The van der Waals surface area contributed by atoms with Gasteiger partial charge in [-0.1, -0.05) is 6.58 Å². The van der Waals surface area contributed by atoms with E-state index in [1.165, 1.54) is 6.08 Å². The molecule has 0 aliphatic rings. The Morgan fingerprint density at radius 2 is 2.06 bits per heavy atom. The quantitative estimate of drug-likeness (QED) is 0.431. The maximum Gasteiger partial charge on any atom is 0.246 e. The molecule has 0 aromatic heterocycles. The van der Waals surface area contributed by atoms with Crippen molar-refractivity contribution in [1.29, 1.82) is 10.5 Å². The molecule has 94 valence electrons. The van der Waals surface area contributed by atoms with Crippen molar-refractivity contribution in [3.8, 4) is 12.1 Å². The second kappa shape index (κ2) is 8.60. The number of carbonyl (C=O) groups is 1. The topological polar surface area (TPSA) is 79.9 Å². The van der Waals surface area contributed by atoms with Crippen LogP contribution in [0.25, 0.3) is 0 Å². The molecule has 0 fully saturated rings. The summed E-state index contributed by atoms with van der Waals surface area (Å²) in [4.78, 5) is 13.0. The Bertz CT molecular complexity index is 433. The van der Waals surface area contributed by atoms with Crippen molar-refractivity contribution in [3.63, 3.8) is 0 Å². The molecule has 0 saturated carbocycles. The molecular weight excluding hydrogens is 228 g/mol. The Labute approximate surface area is 107 Å². The van der Waals surface area contributed by atoms with Gasteiger partial charge in [0.05, 0.1) is 0 Å². The van der Waals surface area contributed by atoms with Crippen LogP contribution in [0.4, 0.5) is 0 Å². The van der Waals surface area contributed by atoms with Gasteiger partial charge in [-0.25, -0.2) is 0 Å². The van der Waals surface area contributed by atoms with E-state index in [4.69, 9.17) is 10.5 Å². The van der Waals surface area contributed by atoms with Crippen LogP contribution in [0.3, 0.4) is 0 Å². The number of hydrogen-bond donors (Lipinski definition) is 1. The lowest BCUT2D eigenvalue weighted by molar-refractivity contribution is -0.117. The maximum absolute atomic E-state index is 11.2. The molecule has 0 radical (unpaired) electrons. The number of allylic oxidation sites excluding steroid dienone is 3. The van der Waals surface area contributed by atoms with E-state index >= 15 is 0 Å². The summed E-state index contributed by atoms with van der Waals surface area (Å²) in [5, 5.41) is 19.7. The number of nitrogens with one attached hydrogen (secondary N) is 1. The van der Waals surface area contributed by atoms with Gasteiger partial charge in [-0.15, -0.1) is 0 Å². The Morgan fingerprint density at radius 3 is 2.56 bits per heavy atom. The molecule has 1 N–H and O–H groups in total. The first-order valence-corrected chi connectivity index (χ1v) is 5.34. The lowest BCUT2D eigenvalue weighted by Crippen LogP contribution is -2.31. The zero-order valence-electron chi connectivity index (χ0n) is 10.6. The van der Waals surface area contributed by atoms with Gasteiger partial charge in [0, 0.05) is 25.7 Å². The molecule has 0 rings (SSSR count). The Morgan fingerprint density at radius 1 is 1.44 bits per heavy atom. The normalized spacial score (nSPS) is 9.11. The zero-order chi connectivity index (χ0) is 14.0. The predicted octanol–water partition coefficient (Wildman–Crippen LogP) is 1.10. The minimum atomic E-state index is -0.163. The number of amides is 1. The molecule has 0 aliphatic heterocycles. The maximum atomic E-state index is 11.2. The second-order valence-electron chi connectivity index (χ2n) is 3.66. The lowest BCUT2D eigenvalue weighted by atomic mass is 10.3. The van der Waals surface area contributed by atoms with Crippen molar-refractivity contribution in [3.05, 3.63) is 36.1 Å². The third kappa shape index (κ3) is 6.86. The number of nitriles is 2. The van der Waals surface area contributed by atoms with Gasteiger partial charge in [0.1, 0.15) is 17.7 Å². The molecular formula is C13H16N4O. The Hall–Kier alpha value is -2.53. The monoisotopic (exact) mass is 244 g/mol. The van der Waals surface area contributed by atoms with E-state index in [1.54, 1.807) is 31.3 Å². The van der Waals surface area contributed by atoms with E-state index in [2.05, 4.69) is 11.9 Å². The Balaban J connectivity index is 4.03. The van der Waals surface area contributed by atoms with Crippen molar-refractivity contribution in [2.24, 2.45) is 0 Å². The summed E-state index contributed by atoms with van der Waals surface area (Å²) in [5.74, 6) is -0.163. The second-order valence-corrected chi connectivity index (χ2v) is 3.66. The van der Waals surface area contributed by atoms with E-state index in [9.17, 15) is 4.79 Å². The number of rotatable bonds is 6. The van der Waals surface area contributed by atoms with Crippen molar-refractivity contribution in [2.45, 2.75) is 6.92 Å². The molecule has 0 aromatic rings. The van der Waals surface area contributed by atoms with Gasteiger partial charge in [-0.2, -0.15) is 10.5 Å². The number of hydrogen-bond acceptors (Lipinski definition) is 4. The van der Waals surface area contributed by atoms with Crippen LogP contribution in [0.5, 0.6) is 0 Å². The average molecular weight is 244 g/mol. The van der Waals surface area contributed by atoms with E-state index in [1.807, 2.05) is 11.9 Å². The minimum absolute atomic E-state index is 0.0511. The van der Waals surface area contributed by atoms with Crippen LogP contribution >= 0.6 is 0 Å². The molecule has 0 aliphatic carbocycles. The average Bonchev–Trinajstić information content (AvgIpc) is 2.34. The molecule has 0 saturated heterocycles. The van der Waals surface area contributed by atoms with Gasteiger partial charge >= 0.3 is 0 Å². The molecule has 5 nitrogen and oxygen atoms in total. The summed E-state index contributed by atoms with van der Waals surface area (Å²) in [6, 6.07) is 3.52. The largest absolute Gasteiger partial charge is 0.379 e. The van der Waals surface area contributed by atoms with Crippen LogP contribution in [0.15, 0.2) is 36.1 Å². The fourth-order valence-corrected chi connectivity index (χ4v) is 0.957. The van der Waals surface area contributed by atoms with E-state index < -0.39 is 0 Å². The molecule has 18 heavy (non-hydrogen) atoms. The predicted molar refractivity (Wildman–Crippen MR) is 68.9 cm³/mol. The molecule has 0 aromatic carbocycles. The molecule has 0 bridgehead atoms. The van der Waals surface area contributed by atoms with Crippen LogP contribution in [0, 0.1) is 22.7 Å². The fraction of sp³-hybridized carbons (Fsp3) is 0.308. The first kappa shape index (κ1) is 15.5. The highest BCUT2D eigenvalue weighted by Crippen LogP contribution is 1.92. The third-order valence-electron chi connectivity index (χ3n) is 1.98. The molecule has 0 spiro atoms. The number of nitrogens with zero attached hydrogens (tertiary/aromatic N) is 3. The standard InChI is InChI=1S/C13H16N4O/c1-11(2)13(18)16-6-8-17(3)7-4-5-12(9-14)10-15/h4-5,7H,1,6,8H2,2-3H3,(H,16,18). The van der Waals surface area contributed by atoms with Gasteiger partial charge in [-0.05, 0) is 25.3 Å². The summed E-state index contributed by atoms with van der Waals surface area (Å²) in [6.45, 7) is 6.30. The number of likely N-dealkylation sites (N-methyl/N-ethyl adjacent to an activating group) is 1. The van der Waals surface area contributed by atoms with Gasteiger partial charge in [0.2, 0.25) is 5.91 Å². The summed E-state index contributed by atoms with van der Waals surface area (Å²) in [6.07, 6.45) is 4.77. The van der Waals surface area contributed by atoms with Crippen LogP contribution in [-0.2, 0) is 4.79 Å². The van der Waals surface area contributed by atoms with Crippen molar-refractivity contribution in [2.75, 3.05) is 20.1 Å². The minimum Gasteiger partial charge on any atom is -0.379 e. The Kier molecular flexibility index (Phi) is 7.39. The summed E-state index contributed by atoms with van der Waals surface area (Å²) < 4.78 is 0. The molecule has 0 atom stereocenters. The van der Waals surface area contributed by atoms with Crippen molar-refractivity contribution in [1.82, 2.24) is 10.2 Å². The molecule has 0 heterocycles. The lowest BCUT2D eigenvalue weighted by Gasteiger charge is -2.13. The highest BCUT2D eigenvalue weighted by atomic mass is 16.1. The van der Waals surface area contributed by atoms with Crippen LogP contribution < -0.4 is 5.32 Å². The zero-order valence-corrected chi connectivity index (χ0v) is 10.6. The van der Waals surface area contributed by atoms with E-state index in [-0.39, 0.29) is 11.5 Å². The summed E-state index contributed by atoms with van der Waals surface area (Å²) in [5.41, 5.74) is 0.527. The van der Waals surface area contributed by atoms with Gasteiger partial charge in [0.25, 0.3) is 0 Å². The van der Waals surface area contributed by atoms with Crippen LogP contribution in [-0.4, -0.2) is 30.9 Å². The van der Waals surface area contributed by atoms with E-state index in [0.29, 0.717) is 18.7 Å². The van der Waals surface area contributed by atoms with Gasteiger partial charge < -0.3 is 10.2 Å². The van der Waals surface area contributed by atoms with Crippen molar-refractivity contribution >= 4 is 5.91 Å². The van der Waals surface area contributed by atoms with Crippen molar-refractivity contribution < 1.29 is 4.79 Å². The van der Waals surface area contributed by atoms with E-state index in [0.717, 1.165) is 0 Å². The molecule has 0 unspecified atom stereocenters. The smallest absolute Gasteiger partial charge is 0.246 e. The van der Waals surface area contributed by atoms with Crippen LogP contribution in [0.2, 0.25) is 0 Å². The third-order valence-corrected chi connectivity index (χ3v) is 1.98. The van der Waals surface area contributed by atoms with Gasteiger partial charge in [0.15, 0.2) is 0 Å². The first-order valence-electron chi connectivity index (χ1n) is 5.34.